The number of halogens is 2. The monoisotopic (exact) mass is 381 g/mol. The fraction of sp³-hybridized carbons (Fsp3) is 0.125. The molecular formula is C16H13Cl2N3O4. The lowest BCUT2D eigenvalue weighted by Gasteiger charge is -2.17. The maximum absolute atomic E-state index is 12.4. The smallest absolute Gasteiger partial charge is 0.359 e. The van der Waals surface area contributed by atoms with Crippen LogP contribution >= 0.6 is 23.2 Å². The zero-order chi connectivity index (χ0) is 18.4. The molecule has 1 aromatic heterocycles. The summed E-state index contributed by atoms with van der Waals surface area (Å²) in [5.41, 5.74) is 0.137. The Labute approximate surface area is 153 Å². The highest BCUT2D eigenvalue weighted by atomic mass is 35.5. The number of nitrogens with one attached hydrogen (secondary N) is 2. The van der Waals surface area contributed by atoms with Crippen LogP contribution in [0.25, 0.3) is 0 Å². The summed E-state index contributed by atoms with van der Waals surface area (Å²) in [4.78, 5) is 39.8. The molecule has 130 valence electrons. The van der Waals surface area contributed by atoms with Crippen LogP contribution in [0.15, 0.2) is 42.5 Å². The predicted molar refractivity (Wildman–Crippen MR) is 91.5 cm³/mol. The molecule has 1 atom stereocenters. The molecule has 2 aromatic rings. The number of ether oxygens (including phenoxy) is 1. The molecule has 2 rings (SSSR count). The molecule has 0 aliphatic rings. The van der Waals surface area contributed by atoms with Gasteiger partial charge in [-0.25, -0.2) is 14.6 Å². The Balaban J connectivity index is 2.29. The van der Waals surface area contributed by atoms with E-state index in [1.165, 1.54) is 19.2 Å². The van der Waals surface area contributed by atoms with Crippen LogP contribution < -0.4 is 10.6 Å². The Hall–Kier alpha value is -2.64. The van der Waals surface area contributed by atoms with Crippen LogP contribution in [0.1, 0.15) is 22.2 Å². The van der Waals surface area contributed by atoms with Crippen molar-refractivity contribution >= 4 is 41.1 Å². The van der Waals surface area contributed by atoms with Gasteiger partial charge in [-0.05, 0) is 12.1 Å². The van der Waals surface area contributed by atoms with E-state index in [0.29, 0.717) is 5.56 Å². The molecule has 0 saturated carbocycles. The highest BCUT2D eigenvalue weighted by Crippen LogP contribution is 2.23. The van der Waals surface area contributed by atoms with Crippen molar-refractivity contribution < 1.29 is 19.1 Å². The number of aromatic nitrogens is 1. The summed E-state index contributed by atoms with van der Waals surface area (Å²) in [5, 5.41) is 4.37. The molecule has 2 N–H and O–H groups in total. The number of urea groups is 1. The highest BCUT2D eigenvalue weighted by Gasteiger charge is 2.28. The first-order valence-corrected chi connectivity index (χ1v) is 7.78. The minimum absolute atomic E-state index is 0.0212. The van der Waals surface area contributed by atoms with E-state index in [1.807, 2.05) is 0 Å². The molecule has 0 aliphatic carbocycles. The third-order valence-corrected chi connectivity index (χ3v) is 3.55. The molecule has 0 spiro atoms. The lowest BCUT2D eigenvalue weighted by Crippen LogP contribution is -2.41. The van der Waals surface area contributed by atoms with Crippen molar-refractivity contribution in [3.8, 4) is 0 Å². The number of hydrogen-bond donors (Lipinski definition) is 2. The number of hydrogen-bond acceptors (Lipinski definition) is 5. The summed E-state index contributed by atoms with van der Waals surface area (Å²) in [6.45, 7) is 0. The second-order valence-electron chi connectivity index (χ2n) is 4.73. The quantitative estimate of drug-likeness (QED) is 0.626. The van der Waals surface area contributed by atoms with Crippen molar-refractivity contribution in [1.29, 1.82) is 0 Å². The predicted octanol–water partition coefficient (Wildman–Crippen LogP) is 2.74. The van der Waals surface area contributed by atoms with Crippen molar-refractivity contribution in [2.75, 3.05) is 7.05 Å². The van der Waals surface area contributed by atoms with Crippen molar-refractivity contribution in [2.24, 2.45) is 0 Å². The Morgan fingerprint density at radius 1 is 1.08 bits per heavy atom. The molecule has 0 radical (unpaired) electrons. The number of benzene rings is 1. The number of esters is 1. The van der Waals surface area contributed by atoms with Gasteiger partial charge in [0.25, 0.3) is 5.91 Å². The van der Waals surface area contributed by atoms with E-state index in [4.69, 9.17) is 27.9 Å². The van der Waals surface area contributed by atoms with E-state index in [0.717, 1.165) is 0 Å². The average molecular weight is 382 g/mol. The molecule has 1 aromatic carbocycles. The Kier molecular flexibility index (Phi) is 6.32. The van der Waals surface area contributed by atoms with E-state index in [2.05, 4.69) is 15.6 Å². The third-order valence-electron chi connectivity index (χ3n) is 3.03. The zero-order valence-corrected chi connectivity index (χ0v) is 14.5. The summed E-state index contributed by atoms with van der Waals surface area (Å²) in [6.07, 6.45) is -1.37. The van der Waals surface area contributed by atoms with Gasteiger partial charge in [-0.15, -0.1) is 0 Å². The van der Waals surface area contributed by atoms with Crippen LogP contribution in [0.4, 0.5) is 4.79 Å². The maximum atomic E-state index is 12.4. The fourth-order valence-electron chi connectivity index (χ4n) is 1.87. The van der Waals surface area contributed by atoms with Crippen molar-refractivity contribution in [2.45, 2.75) is 6.10 Å². The number of nitrogens with zero attached hydrogens (tertiary/aromatic N) is 1. The number of rotatable bonds is 4. The summed E-state index contributed by atoms with van der Waals surface area (Å²) in [5.74, 6) is -1.77. The second kappa shape index (κ2) is 8.46. The minimum atomic E-state index is -1.37. The molecular weight excluding hydrogens is 369 g/mol. The Morgan fingerprint density at radius 3 is 2.40 bits per heavy atom. The molecule has 25 heavy (non-hydrogen) atoms. The van der Waals surface area contributed by atoms with Gasteiger partial charge < -0.3 is 10.1 Å². The second-order valence-corrected chi connectivity index (χ2v) is 5.52. The van der Waals surface area contributed by atoms with Crippen LogP contribution in [-0.2, 0) is 9.53 Å². The van der Waals surface area contributed by atoms with E-state index in [9.17, 15) is 14.4 Å². The van der Waals surface area contributed by atoms with Crippen molar-refractivity contribution in [3.63, 3.8) is 0 Å². The van der Waals surface area contributed by atoms with Gasteiger partial charge in [-0.1, -0.05) is 53.5 Å². The Morgan fingerprint density at radius 2 is 1.76 bits per heavy atom. The largest absolute Gasteiger partial charge is 0.442 e. The van der Waals surface area contributed by atoms with Crippen LogP contribution in [0.3, 0.4) is 0 Å². The van der Waals surface area contributed by atoms with Crippen molar-refractivity contribution in [3.05, 3.63) is 63.9 Å². The normalized spacial score (nSPS) is 11.3. The van der Waals surface area contributed by atoms with Crippen LogP contribution in [0, 0.1) is 0 Å². The van der Waals surface area contributed by atoms with E-state index < -0.39 is 24.0 Å². The van der Waals surface area contributed by atoms with Gasteiger partial charge in [-0.2, -0.15) is 0 Å². The first kappa shape index (κ1) is 18.7. The number of carbonyl (C=O) groups is 3. The Bertz CT molecular complexity index is 799. The van der Waals surface area contributed by atoms with Crippen LogP contribution in [-0.4, -0.2) is 29.9 Å². The first-order chi connectivity index (χ1) is 11.9. The summed E-state index contributed by atoms with van der Waals surface area (Å²) in [6, 6.07) is 10.3. The zero-order valence-electron chi connectivity index (χ0n) is 13.0. The standard InChI is InChI=1S/C16H13Cl2N3O4/c1-19-16(24)21-14(22)13(9-5-3-2-4-6-9)25-15(23)12-10(17)7-8-11(18)20-12/h2-8,13H,1H3,(H2,19,21,22,24). The highest BCUT2D eigenvalue weighted by molar-refractivity contribution is 6.34. The SMILES string of the molecule is CNC(=O)NC(=O)C(OC(=O)c1nc(Cl)ccc1Cl)c1ccccc1. The molecule has 0 fully saturated rings. The molecule has 0 bridgehead atoms. The van der Waals surface area contributed by atoms with E-state index in [1.54, 1.807) is 30.3 Å². The molecule has 7 nitrogen and oxygen atoms in total. The van der Waals surface area contributed by atoms with E-state index in [-0.39, 0.29) is 15.9 Å². The molecule has 1 unspecified atom stereocenters. The average Bonchev–Trinajstić information content (AvgIpc) is 2.61. The molecule has 1 heterocycles. The third kappa shape index (κ3) is 4.91. The van der Waals surface area contributed by atoms with Gasteiger partial charge in [-0.3, -0.25) is 10.1 Å². The first-order valence-electron chi connectivity index (χ1n) is 7.03. The topological polar surface area (TPSA) is 97.4 Å². The van der Waals surface area contributed by atoms with Crippen LogP contribution in [0.5, 0.6) is 0 Å². The maximum Gasteiger partial charge on any atom is 0.359 e. The van der Waals surface area contributed by atoms with E-state index >= 15 is 0 Å². The molecule has 0 saturated heterocycles. The molecule has 9 heteroatoms. The summed E-state index contributed by atoms with van der Waals surface area (Å²) >= 11 is 11.7. The fourth-order valence-corrected chi connectivity index (χ4v) is 2.19. The lowest BCUT2D eigenvalue weighted by molar-refractivity contribution is -0.129. The molecule has 0 aliphatic heterocycles. The minimum Gasteiger partial charge on any atom is -0.442 e. The van der Waals surface area contributed by atoms with Crippen molar-refractivity contribution in [1.82, 2.24) is 15.6 Å². The van der Waals surface area contributed by atoms with Gasteiger partial charge in [0, 0.05) is 12.6 Å². The summed E-state index contributed by atoms with van der Waals surface area (Å²) < 4.78 is 5.23. The number of carbonyl (C=O) groups excluding carboxylic acids is 3. The lowest BCUT2D eigenvalue weighted by atomic mass is 10.1. The van der Waals surface area contributed by atoms with Gasteiger partial charge >= 0.3 is 12.0 Å². The van der Waals surface area contributed by atoms with Crippen LogP contribution in [0.2, 0.25) is 10.2 Å². The number of imide groups is 1. The van der Waals surface area contributed by atoms with Gasteiger partial charge in [0.1, 0.15) is 5.15 Å². The number of amides is 3. The number of pyridine rings is 1. The summed E-state index contributed by atoms with van der Waals surface area (Å²) in [7, 11) is 1.35. The van der Waals surface area contributed by atoms with Gasteiger partial charge in [0.15, 0.2) is 5.69 Å². The molecule has 3 amide bonds. The van der Waals surface area contributed by atoms with Gasteiger partial charge in [0.2, 0.25) is 6.10 Å². The van der Waals surface area contributed by atoms with Gasteiger partial charge in [0.05, 0.1) is 5.02 Å².